The van der Waals surface area contributed by atoms with Crippen molar-refractivity contribution in [2.45, 2.75) is 39.5 Å². The van der Waals surface area contributed by atoms with E-state index >= 15 is 0 Å². The molecule has 2 rings (SSSR count). The number of benzene rings is 2. The number of aryl methyl sites for hydroxylation is 3. The number of anilines is 1. The third-order valence-corrected chi connectivity index (χ3v) is 3.79. The molecule has 2 nitrogen and oxygen atoms in total. The monoisotopic (exact) mass is 299 g/mol. The number of nitrogens with one attached hydrogen (secondary N) is 1. The maximum absolute atomic E-state index is 13.1. The van der Waals surface area contributed by atoms with E-state index in [4.69, 9.17) is 0 Å². The minimum absolute atomic E-state index is 0.0279. The Hall–Kier alpha value is -2.16. The van der Waals surface area contributed by atoms with Gasteiger partial charge in [-0.1, -0.05) is 44.2 Å². The number of hydrogen-bond acceptors (Lipinski definition) is 1. The van der Waals surface area contributed by atoms with Gasteiger partial charge in [-0.05, 0) is 48.1 Å². The Balaban J connectivity index is 2.03. The topological polar surface area (TPSA) is 29.1 Å². The lowest BCUT2D eigenvalue weighted by molar-refractivity contribution is -0.116. The number of hydrogen-bond donors (Lipinski definition) is 1. The van der Waals surface area contributed by atoms with E-state index in [9.17, 15) is 9.18 Å². The molecule has 0 fully saturated rings. The van der Waals surface area contributed by atoms with Crippen LogP contribution in [0, 0.1) is 5.82 Å². The Morgan fingerprint density at radius 3 is 2.27 bits per heavy atom. The summed E-state index contributed by atoms with van der Waals surface area (Å²) < 4.78 is 13.1. The van der Waals surface area contributed by atoms with Crippen molar-refractivity contribution in [3.8, 4) is 0 Å². The van der Waals surface area contributed by atoms with E-state index in [0.717, 1.165) is 35.2 Å². The standard InChI is InChI=1S/C19H22FNO/c1-3-15-8-6-9-16(4-2)19(15)21-18(22)12-11-14-7-5-10-17(20)13-14/h5-10,13H,3-4,11-12H2,1-2H3,(H,21,22). The van der Waals surface area contributed by atoms with Crippen LogP contribution in [0.5, 0.6) is 0 Å². The predicted octanol–water partition coefficient (Wildman–Crippen LogP) is 4.52. The van der Waals surface area contributed by atoms with Crippen LogP contribution in [0.4, 0.5) is 10.1 Å². The van der Waals surface area contributed by atoms with Gasteiger partial charge in [-0.25, -0.2) is 4.39 Å². The molecule has 1 N–H and O–H groups in total. The van der Waals surface area contributed by atoms with Gasteiger partial charge in [-0.3, -0.25) is 4.79 Å². The van der Waals surface area contributed by atoms with Gasteiger partial charge in [0.2, 0.25) is 5.91 Å². The Morgan fingerprint density at radius 1 is 1.05 bits per heavy atom. The molecule has 0 heterocycles. The van der Waals surface area contributed by atoms with Gasteiger partial charge in [0.15, 0.2) is 0 Å². The first-order valence-electron chi connectivity index (χ1n) is 7.79. The molecule has 0 saturated carbocycles. The maximum Gasteiger partial charge on any atom is 0.224 e. The van der Waals surface area contributed by atoms with Crippen LogP contribution in [-0.4, -0.2) is 5.91 Å². The van der Waals surface area contributed by atoms with E-state index in [-0.39, 0.29) is 11.7 Å². The summed E-state index contributed by atoms with van der Waals surface area (Å²) in [6.07, 6.45) is 2.66. The number of halogens is 1. The summed E-state index contributed by atoms with van der Waals surface area (Å²) in [4.78, 5) is 12.2. The number of carbonyl (C=O) groups is 1. The molecule has 0 spiro atoms. The molecule has 0 unspecified atom stereocenters. The number of amides is 1. The van der Waals surface area contributed by atoms with Crippen molar-refractivity contribution >= 4 is 11.6 Å². The van der Waals surface area contributed by atoms with Crippen molar-refractivity contribution in [3.63, 3.8) is 0 Å². The average molecular weight is 299 g/mol. The highest BCUT2D eigenvalue weighted by Gasteiger charge is 2.10. The SMILES string of the molecule is CCc1cccc(CC)c1NC(=O)CCc1cccc(F)c1. The van der Waals surface area contributed by atoms with Crippen molar-refractivity contribution in [2.75, 3.05) is 5.32 Å². The van der Waals surface area contributed by atoms with Gasteiger partial charge < -0.3 is 5.32 Å². The molecule has 0 aromatic heterocycles. The van der Waals surface area contributed by atoms with Crippen molar-refractivity contribution in [2.24, 2.45) is 0 Å². The van der Waals surface area contributed by atoms with Crippen molar-refractivity contribution in [1.82, 2.24) is 0 Å². The third kappa shape index (κ3) is 4.17. The molecule has 2 aromatic rings. The molecule has 0 radical (unpaired) electrons. The molecule has 0 aliphatic rings. The van der Waals surface area contributed by atoms with Crippen molar-refractivity contribution in [1.29, 1.82) is 0 Å². The lowest BCUT2D eigenvalue weighted by Crippen LogP contribution is -2.15. The van der Waals surface area contributed by atoms with E-state index in [2.05, 4.69) is 19.2 Å². The highest BCUT2D eigenvalue weighted by molar-refractivity contribution is 5.92. The zero-order chi connectivity index (χ0) is 15.9. The fourth-order valence-corrected chi connectivity index (χ4v) is 2.56. The highest BCUT2D eigenvalue weighted by atomic mass is 19.1. The van der Waals surface area contributed by atoms with Gasteiger partial charge in [0, 0.05) is 12.1 Å². The van der Waals surface area contributed by atoms with E-state index in [0.29, 0.717) is 12.8 Å². The minimum atomic E-state index is -0.262. The first kappa shape index (κ1) is 16.2. The number of rotatable bonds is 6. The number of carbonyl (C=O) groups excluding carboxylic acids is 1. The third-order valence-electron chi connectivity index (χ3n) is 3.79. The first-order valence-corrected chi connectivity index (χ1v) is 7.79. The quantitative estimate of drug-likeness (QED) is 0.834. The van der Waals surface area contributed by atoms with Crippen LogP contribution in [0.15, 0.2) is 42.5 Å². The van der Waals surface area contributed by atoms with Gasteiger partial charge in [0.05, 0.1) is 0 Å². The second-order valence-electron chi connectivity index (χ2n) is 5.34. The van der Waals surface area contributed by atoms with Gasteiger partial charge in [-0.2, -0.15) is 0 Å². The van der Waals surface area contributed by atoms with Crippen LogP contribution in [0.25, 0.3) is 0 Å². The summed E-state index contributed by atoms with van der Waals surface area (Å²) >= 11 is 0. The molecule has 2 aromatic carbocycles. The summed E-state index contributed by atoms with van der Waals surface area (Å²) in [5.41, 5.74) is 4.09. The molecule has 3 heteroatoms. The Morgan fingerprint density at radius 2 is 1.68 bits per heavy atom. The second kappa shape index (κ2) is 7.74. The van der Waals surface area contributed by atoms with E-state index in [1.807, 2.05) is 24.3 Å². The van der Waals surface area contributed by atoms with Gasteiger partial charge in [0.25, 0.3) is 0 Å². The Kier molecular flexibility index (Phi) is 5.70. The normalized spacial score (nSPS) is 10.5. The summed E-state index contributed by atoms with van der Waals surface area (Å²) in [6, 6.07) is 12.5. The Labute approximate surface area is 131 Å². The minimum Gasteiger partial charge on any atom is -0.326 e. The second-order valence-corrected chi connectivity index (χ2v) is 5.34. The van der Waals surface area contributed by atoms with Crippen LogP contribution in [-0.2, 0) is 24.1 Å². The van der Waals surface area contributed by atoms with E-state index in [1.165, 1.54) is 12.1 Å². The van der Waals surface area contributed by atoms with Crippen LogP contribution in [0.1, 0.15) is 37.0 Å². The first-order chi connectivity index (χ1) is 10.6. The summed E-state index contributed by atoms with van der Waals surface area (Å²) in [5, 5.41) is 3.03. The van der Waals surface area contributed by atoms with Crippen LogP contribution in [0.3, 0.4) is 0 Å². The van der Waals surface area contributed by atoms with Gasteiger partial charge in [-0.15, -0.1) is 0 Å². The van der Waals surface area contributed by atoms with Gasteiger partial charge >= 0.3 is 0 Å². The Bertz CT molecular complexity index is 629. The van der Waals surface area contributed by atoms with Crippen LogP contribution >= 0.6 is 0 Å². The molecule has 0 atom stereocenters. The highest BCUT2D eigenvalue weighted by Crippen LogP contribution is 2.23. The van der Waals surface area contributed by atoms with Crippen molar-refractivity contribution < 1.29 is 9.18 Å². The lowest BCUT2D eigenvalue weighted by atomic mass is 10.0. The largest absolute Gasteiger partial charge is 0.326 e. The lowest BCUT2D eigenvalue weighted by Gasteiger charge is -2.14. The zero-order valence-electron chi connectivity index (χ0n) is 13.2. The fourth-order valence-electron chi connectivity index (χ4n) is 2.56. The molecule has 22 heavy (non-hydrogen) atoms. The molecule has 116 valence electrons. The number of para-hydroxylation sites is 1. The molecular weight excluding hydrogens is 277 g/mol. The van der Waals surface area contributed by atoms with Crippen molar-refractivity contribution in [3.05, 3.63) is 65.0 Å². The average Bonchev–Trinajstić information content (AvgIpc) is 2.53. The maximum atomic E-state index is 13.1. The molecule has 1 amide bonds. The van der Waals surface area contributed by atoms with E-state index < -0.39 is 0 Å². The summed E-state index contributed by atoms with van der Waals surface area (Å²) in [7, 11) is 0. The molecule has 0 aliphatic carbocycles. The molecule has 0 bridgehead atoms. The molecular formula is C19H22FNO. The van der Waals surface area contributed by atoms with Gasteiger partial charge in [0.1, 0.15) is 5.82 Å². The summed E-state index contributed by atoms with van der Waals surface area (Å²) in [6.45, 7) is 4.16. The summed E-state index contributed by atoms with van der Waals surface area (Å²) in [5.74, 6) is -0.289. The van der Waals surface area contributed by atoms with Crippen LogP contribution in [0.2, 0.25) is 0 Å². The van der Waals surface area contributed by atoms with Crippen LogP contribution < -0.4 is 5.32 Å². The predicted molar refractivity (Wildman–Crippen MR) is 88.5 cm³/mol. The van der Waals surface area contributed by atoms with E-state index in [1.54, 1.807) is 6.07 Å². The zero-order valence-corrected chi connectivity index (χ0v) is 13.2. The molecule has 0 aliphatic heterocycles. The smallest absolute Gasteiger partial charge is 0.224 e. The molecule has 0 saturated heterocycles. The fraction of sp³-hybridized carbons (Fsp3) is 0.316.